The Balaban J connectivity index is 2.07. The highest BCUT2D eigenvalue weighted by Gasteiger charge is 2.47. The molecule has 18 heavy (non-hydrogen) atoms. The molecule has 0 spiro atoms. The van der Waals surface area contributed by atoms with E-state index in [1.54, 1.807) is 0 Å². The Morgan fingerprint density at radius 1 is 1.28 bits per heavy atom. The van der Waals surface area contributed by atoms with Crippen molar-refractivity contribution in [3.63, 3.8) is 0 Å². The van der Waals surface area contributed by atoms with Crippen LogP contribution in [0.1, 0.15) is 39.5 Å². The first-order valence-electron chi connectivity index (χ1n) is 7.25. The lowest BCUT2D eigenvalue weighted by molar-refractivity contribution is -0.156. The molecule has 4 nitrogen and oxygen atoms in total. The van der Waals surface area contributed by atoms with Gasteiger partial charge in [0.2, 0.25) is 0 Å². The van der Waals surface area contributed by atoms with E-state index in [2.05, 4.69) is 24.1 Å². The van der Waals surface area contributed by atoms with Crippen LogP contribution in [0.5, 0.6) is 0 Å². The third kappa shape index (κ3) is 2.54. The molecule has 104 valence electrons. The first kappa shape index (κ1) is 13.8. The summed E-state index contributed by atoms with van der Waals surface area (Å²) in [4.78, 5) is 14.0. The maximum atomic E-state index is 11.8. The van der Waals surface area contributed by atoms with Crippen molar-refractivity contribution < 1.29 is 9.90 Å². The van der Waals surface area contributed by atoms with Crippen molar-refractivity contribution in [1.29, 1.82) is 0 Å². The molecule has 0 unspecified atom stereocenters. The van der Waals surface area contributed by atoms with Crippen molar-refractivity contribution in [2.24, 2.45) is 11.8 Å². The van der Waals surface area contributed by atoms with Gasteiger partial charge in [-0.05, 0) is 37.5 Å². The molecule has 0 amide bonds. The molecule has 1 aliphatic carbocycles. The molecule has 0 aromatic heterocycles. The van der Waals surface area contributed by atoms with Crippen LogP contribution >= 0.6 is 0 Å². The second-order valence-corrected chi connectivity index (χ2v) is 6.16. The zero-order chi connectivity index (χ0) is 13.2. The smallest absolute Gasteiger partial charge is 0.324 e. The van der Waals surface area contributed by atoms with Crippen LogP contribution in [0.3, 0.4) is 0 Å². The summed E-state index contributed by atoms with van der Waals surface area (Å²) in [6, 6.07) is 0. The second-order valence-electron chi connectivity index (χ2n) is 6.16. The highest BCUT2D eigenvalue weighted by Crippen LogP contribution is 2.39. The highest BCUT2D eigenvalue weighted by molar-refractivity contribution is 5.79. The number of carboxylic acids is 1. The molecule has 0 radical (unpaired) electrons. The van der Waals surface area contributed by atoms with Gasteiger partial charge < -0.3 is 10.4 Å². The minimum atomic E-state index is -0.605. The molecule has 4 heteroatoms. The van der Waals surface area contributed by atoms with Gasteiger partial charge in [-0.3, -0.25) is 9.69 Å². The van der Waals surface area contributed by atoms with Crippen molar-refractivity contribution in [1.82, 2.24) is 10.2 Å². The van der Waals surface area contributed by atoms with Gasteiger partial charge in [-0.15, -0.1) is 0 Å². The molecular weight excluding hydrogens is 228 g/mol. The molecule has 0 aromatic carbocycles. The van der Waals surface area contributed by atoms with E-state index in [0.717, 1.165) is 51.9 Å². The average Bonchev–Trinajstić information content (AvgIpc) is 2.39. The van der Waals surface area contributed by atoms with E-state index in [0.29, 0.717) is 11.8 Å². The molecular formula is C14H26N2O2. The number of aliphatic carboxylic acids is 1. The van der Waals surface area contributed by atoms with Gasteiger partial charge in [0.05, 0.1) is 0 Å². The van der Waals surface area contributed by atoms with E-state index in [1.165, 1.54) is 0 Å². The lowest BCUT2D eigenvalue weighted by Gasteiger charge is -2.47. The van der Waals surface area contributed by atoms with Gasteiger partial charge >= 0.3 is 5.97 Å². The van der Waals surface area contributed by atoms with Crippen molar-refractivity contribution >= 4 is 5.97 Å². The average molecular weight is 254 g/mol. The number of piperazine rings is 1. The minimum absolute atomic E-state index is 0.576. The number of carbonyl (C=O) groups is 1. The molecule has 1 heterocycles. The summed E-state index contributed by atoms with van der Waals surface area (Å²) in [5, 5.41) is 13.0. The van der Waals surface area contributed by atoms with Crippen LogP contribution in [-0.2, 0) is 4.79 Å². The fraction of sp³-hybridized carbons (Fsp3) is 0.929. The molecule has 1 saturated carbocycles. The number of carboxylic acid groups (broad SMARTS) is 1. The van der Waals surface area contributed by atoms with E-state index in [-0.39, 0.29) is 0 Å². The van der Waals surface area contributed by atoms with Crippen LogP contribution in [0.2, 0.25) is 0 Å². The van der Waals surface area contributed by atoms with Gasteiger partial charge in [0.1, 0.15) is 5.54 Å². The van der Waals surface area contributed by atoms with Gasteiger partial charge in [-0.1, -0.05) is 13.8 Å². The van der Waals surface area contributed by atoms with Gasteiger partial charge in [-0.2, -0.15) is 0 Å². The van der Waals surface area contributed by atoms with E-state index in [4.69, 9.17) is 0 Å². The van der Waals surface area contributed by atoms with E-state index in [9.17, 15) is 9.90 Å². The molecule has 2 rings (SSSR count). The monoisotopic (exact) mass is 254 g/mol. The predicted molar refractivity (Wildman–Crippen MR) is 71.6 cm³/mol. The summed E-state index contributed by atoms with van der Waals surface area (Å²) in [6.07, 6.45) is 3.78. The van der Waals surface area contributed by atoms with E-state index >= 15 is 0 Å². The SMILES string of the molecule is CC(C)C1CCC(C(=O)O)(N2CCNCC2)CC1. The Hall–Kier alpha value is -0.610. The zero-order valence-corrected chi connectivity index (χ0v) is 11.6. The number of rotatable bonds is 3. The van der Waals surface area contributed by atoms with Gasteiger partial charge in [-0.25, -0.2) is 0 Å². The Morgan fingerprint density at radius 2 is 1.83 bits per heavy atom. The Bertz CT molecular complexity index is 290. The molecule has 2 N–H and O–H groups in total. The normalized spacial score (nSPS) is 34.7. The van der Waals surface area contributed by atoms with Gasteiger partial charge in [0, 0.05) is 26.2 Å². The number of nitrogens with zero attached hydrogens (tertiary/aromatic N) is 1. The van der Waals surface area contributed by atoms with Crippen LogP contribution in [-0.4, -0.2) is 47.7 Å². The zero-order valence-electron chi connectivity index (χ0n) is 11.6. The molecule has 2 aliphatic rings. The fourth-order valence-electron chi connectivity index (χ4n) is 3.54. The first-order chi connectivity index (χ1) is 8.56. The third-order valence-corrected chi connectivity index (χ3v) is 4.92. The summed E-state index contributed by atoms with van der Waals surface area (Å²) in [5.74, 6) is 0.784. The van der Waals surface area contributed by atoms with Crippen molar-refractivity contribution in [3.8, 4) is 0 Å². The highest BCUT2D eigenvalue weighted by atomic mass is 16.4. The maximum absolute atomic E-state index is 11.8. The van der Waals surface area contributed by atoms with Crippen LogP contribution < -0.4 is 5.32 Å². The second kappa shape index (κ2) is 5.57. The van der Waals surface area contributed by atoms with E-state index in [1.807, 2.05) is 0 Å². The maximum Gasteiger partial charge on any atom is 0.324 e. The van der Waals surface area contributed by atoms with Crippen molar-refractivity contribution in [2.75, 3.05) is 26.2 Å². The van der Waals surface area contributed by atoms with Crippen LogP contribution in [0.25, 0.3) is 0 Å². The van der Waals surface area contributed by atoms with Crippen LogP contribution in [0.4, 0.5) is 0 Å². The fourth-order valence-corrected chi connectivity index (χ4v) is 3.54. The summed E-state index contributed by atoms with van der Waals surface area (Å²) in [5.41, 5.74) is -0.576. The Labute approximate surface area is 110 Å². The van der Waals surface area contributed by atoms with E-state index < -0.39 is 11.5 Å². The van der Waals surface area contributed by atoms with Crippen molar-refractivity contribution in [2.45, 2.75) is 45.1 Å². The molecule has 0 aromatic rings. The molecule has 0 bridgehead atoms. The number of nitrogens with one attached hydrogen (secondary N) is 1. The Kier molecular flexibility index (Phi) is 4.28. The van der Waals surface area contributed by atoms with Crippen molar-refractivity contribution in [3.05, 3.63) is 0 Å². The topological polar surface area (TPSA) is 52.6 Å². The molecule has 1 aliphatic heterocycles. The van der Waals surface area contributed by atoms with Crippen LogP contribution in [0, 0.1) is 11.8 Å². The molecule has 1 saturated heterocycles. The Morgan fingerprint density at radius 3 is 2.28 bits per heavy atom. The van der Waals surface area contributed by atoms with Gasteiger partial charge in [0.25, 0.3) is 0 Å². The first-order valence-corrected chi connectivity index (χ1v) is 7.25. The summed E-state index contributed by atoms with van der Waals surface area (Å²) < 4.78 is 0. The standard InChI is InChI=1S/C14H26N2O2/c1-11(2)12-3-5-14(6-4-12,13(17)18)16-9-7-15-8-10-16/h11-12,15H,3-10H2,1-2H3,(H,17,18). The van der Waals surface area contributed by atoms with Crippen LogP contribution in [0.15, 0.2) is 0 Å². The minimum Gasteiger partial charge on any atom is -0.480 e. The lowest BCUT2D eigenvalue weighted by Crippen LogP contribution is -2.61. The summed E-state index contributed by atoms with van der Waals surface area (Å²) in [6.45, 7) is 8.09. The lowest BCUT2D eigenvalue weighted by atomic mass is 9.72. The third-order valence-electron chi connectivity index (χ3n) is 4.92. The van der Waals surface area contributed by atoms with Gasteiger partial charge in [0.15, 0.2) is 0 Å². The largest absolute Gasteiger partial charge is 0.480 e. The summed E-state index contributed by atoms with van der Waals surface area (Å²) >= 11 is 0. The molecule has 0 atom stereocenters. The number of hydrogen-bond acceptors (Lipinski definition) is 3. The predicted octanol–water partition coefficient (Wildman–Crippen LogP) is 1.56. The quantitative estimate of drug-likeness (QED) is 0.802. The number of hydrogen-bond donors (Lipinski definition) is 2. The summed E-state index contributed by atoms with van der Waals surface area (Å²) in [7, 11) is 0. The molecule has 2 fully saturated rings.